The van der Waals surface area contributed by atoms with E-state index < -0.39 is 5.97 Å². The fourth-order valence-corrected chi connectivity index (χ4v) is 7.49. The van der Waals surface area contributed by atoms with Crippen molar-refractivity contribution in [3.05, 3.63) is 57.7 Å². The van der Waals surface area contributed by atoms with Crippen molar-refractivity contribution in [2.45, 2.75) is 71.4 Å². The lowest BCUT2D eigenvalue weighted by Crippen LogP contribution is -2.53. The Labute approximate surface area is 269 Å². The second-order valence-corrected chi connectivity index (χ2v) is 13.1. The van der Waals surface area contributed by atoms with Gasteiger partial charge in [-0.15, -0.1) is 11.3 Å². The van der Waals surface area contributed by atoms with Gasteiger partial charge >= 0.3 is 5.97 Å². The van der Waals surface area contributed by atoms with Gasteiger partial charge in [-0.3, -0.25) is 19.7 Å². The Bertz CT molecular complexity index is 1620. The summed E-state index contributed by atoms with van der Waals surface area (Å²) in [6, 6.07) is 8.12. The number of pyridine rings is 1. The van der Waals surface area contributed by atoms with Gasteiger partial charge in [-0.05, 0) is 78.0 Å². The fourth-order valence-electron chi connectivity index (χ4n) is 6.49. The molecule has 240 valence electrons. The second-order valence-electron chi connectivity index (χ2n) is 12.3. The third kappa shape index (κ3) is 7.29. The molecule has 0 amide bonds. The van der Waals surface area contributed by atoms with E-state index in [1.165, 1.54) is 18.4 Å². The number of likely N-dealkylation sites (tertiary alicyclic amines) is 1. The van der Waals surface area contributed by atoms with Gasteiger partial charge in [-0.2, -0.15) is 0 Å². The minimum atomic E-state index is -0.395. The van der Waals surface area contributed by atoms with Crippen molar-refractivity contribution in [1.82, 2.24) is 15.2 Å². The highest BCUT2D eigenvalue weighted by Gasteiger charge is 2.39. The van der Waals surface area contributed by atoms with Gasteiger partial charge in [0.15, 0.2) is 5.78 Å². The van der Waals surface area contributed by atoms with E-state index in [2.05, 4.69) is 33.2 Å². The predicted molar refractivity (Wildman–Crippen MR) is 179 cm³/mol. The van der Waals surface area contributed by atoms with Gasteiger partial charge in [0.25, 0.3) is 0 Å². The van der Waals surface area contributed by atoms with Crippen molar-refractivity contribution in [1.29, 1.82) is 0 Å². The van der Waals surface area contributed by atoms with Gasteiger partial charge in [-0.25, -0.2) is 4.79 Å². The molecule has 0 radical (unpaired) electrons. The van der Waals surface area contributed by atoms with E-state index in [1.807, 2.05) is 32.0 Å². The SMILES string of the molecule is COC(=O)c1csc2c(-c3cc(C)ccc3OCCN=CNC3=C(C(C)=O)CC(C)(N4CCC(OC)CC4)CC3)cc(C)nc12. The van der Waals surface area contributed by atoms with E-state index in [9.17, 15) is 9.59 Å². The van der Waals surface area contributed by atoms with Crippen LogP contribution in [0.5, 0.6) is 5.75 Å². The van der Waals surface area contributed by atoms with Crippen LogP contribution in [0.1, 0.15) is 67.6 Å². The van der Waals surface area contributed by atoms with Crippen LogP contribution in [0.15, 0.2) is 45.9 Å². The van der Waals surface area contributed by atoms with Crippen LogP contribution in [0.25, 0.3) is 21.3 Å². The second kappa shape index (κ2) is 14.2. The van der Waals surface area contributed by atoms with Crippen LogP contribution in [0.2, 0.25) is 0 Å². The van der Waals surface area contributed by atoms with E-state index in [0.717, 1.165) is 89.3 Å². The first-order valence-electron chi connectivity index (χ1n) is 15.6. The lowest BCUT2D eigenvalue weighted by atomic mass is 9.78. The number of esters is 1. The van der Waals surface area contributed by atoms with Crippen LogP contribution in [0.4, 0.5) is 0 Å². The highest BCUT2D eigenvalue weighted by atomic mass is 32.1. The first kappa shape index (κ1) is 32.8. The van der Waals surface area contributed by atoms with Crippen molar-refractivity contribution in [3.8, 4) is 16.9 Å². The van der Waals surface area contributed by atoms with Gasteiger partial charge in [0.05, 0.1) is 41.9 Å². The number of nitrogens with one attached hydrogen (secondary N) is 1. The zero-order chi connectivity index (χ0) is 32.1. The molecule has 2 aliphatic rings. The number of Topliss-reactive ketones (excluding diaryl/α,β-unsaturated/α-hetero) is 1. The number of aromatic nitrogens is 1. The number of rotatable bonds is 11. The Hall–Kier alpha value is -3.60. The minimum Gasteiger partial charge on any atom is -0.491 e. The van der Waals surface area contributed by atoms with Gasteiger partial charge in [0.1, 0.15) is 12.4 Å². The first-order valence-corrected chi connectivity index (χ1v) is 16.5. The summed E-state index contributed by atoms with van der Waals surface area (Å²) in [5, 5.41) is 5.13. The van der Waals surface area contributed by atoms with Crippen molar-refractivity contribution in [3.63, 3.8) is 0 Å². The monoisotopic (exact) mass is 632 g/mol. The number of piperidine rings is 1. The molecule has 1 unspecified atom stereocenters. The molecule has 3 aromatic rings. The summed E-state index contributed by atoms with van der Waals surface area (Å²) in [7, 11) is 3.17. The van der Waals surface area contributed by atoms with Crippen molar-refractivity contribution >= 4 is 39.6 Å². The van der Waals surface area contributed by atoms with Gasteiger partial charge in [-0.1, -0.05) is 11.6 Å². The van der Waals surface area contributed by atoms with Gasteiger partial charge < -0.3 is 19.5 Å². The Morgan fingerprint density at radius 2 is 1.96 bits per heavy atom. The largest absolute Gasteiger partial charge is 0.491 e. The number of aliphatic imine (C=N–C) groups is 1. The standard InChI is InChI=1S/C35H44N4O5S/c1-22-7-8-31(26(17-22)27-18-23(2)38-32-29(34(41)43-6)20-45-33(27)32)44-16-13-36-21-37-30-9-12-35(4,19-28(30)24(3)40)39-14-10-25(42-5)11-15-39/h7-8,17-18,20-21,25H,9-16,19H2,1-6H3,(H,36,37). The summed E-state index contributed by atoms with van der Waals surface area (Å²) in [5.74, 6) is 0.462. The molecule has 1 aliphatic heterocycles. The third-order valence-corrected chi connectivity index (χ3v) is 10.1. The van der Waals surface area contributed by atoms with E-state index in [1.54, 1.807) is 25.8 Å². The number of hydrogen-bond donors (Lipinski definition) is 1. The topological polar surface area (TPSA) is 102 Å². The van der Waals surface area contributed by atoms with E-state index in [4.69, 9.17) is 14.2 Å². The van der Waals surface area contributed by atoms with E-state index >= 15 is 0 Å². The Balaban J connectivity index is 1.24. The number of aryl methyl sites for hydroxylation is 2. The molecule has 2 aromatic heterocycles. The quantitative estimate of drug-likeness (QED) is 0.114. The number of benzene rings is 1. The third-order valence-electron chi connectivity index (χ3n) is 9.09. The summed E-state index contributed by atoms with van der Waals surface area (Å²) in [4.78, 5) is 36.7. The van der Waals surface area contributed by atoms with Crippen molar-refractivity contribution in [2.75, 3.05) is 40.5 Å². The number of carbonyl (C=O) groups excluding carboxylic acids is 2. The number of methoxy groups -OCH3 is 2. The number of allylic oxidation sites excluding steroid dienone is 1. The van der Waals surface area contributed by atoms with Crippen LogP contribution >= 0.6 is 11.3 Å². The molecule has 1 aliphatic carbocycles. The van der Waals surface area contributed by atoms with Crippen LogP contribution in [-0.2, 0) is 14.3 Å². The molecule has 1 saturated heterocycles. The molecule has 5 rings (SSSR count). The molecule has 3 heterocycles. The molecule has 0 bridgehead atoms. The lowest BCUT2D eigenvalue weighted by molar-refractivity contribution is -0.114. The molecular formula is C35H44N4O5S. The average Bonchev–Trinajstić information content (AvgIpc) is 3.46. The highest BCUT2D eigenvalue weighted by molar-refractivity contribution is 7.18. The normalized spacial score (nSPS) is 19.8. The number of ether oxygens (including phenoxy) is 3. The molecular weight excluding hydrogens is 588 g/mol. The molecule has 1 atom stereocenters. The molecule has 45 heavy (non-hydrogen) atoms. The van der Waals surface area contributed by atoms with Gasteiger partial charge in [0, 0.05) is 59.2 Å². The maximum Gasteiger partial charge on any atom is 0.340 e. The maximum absolute atomic E-state index is 12.7. The zero-order valence-corrected chi connectivity index (χ0v) is 28.0. The predicted octanol–water partition coefficient (Wildman–Crippen LogP) is 6.26. The number of ketones is 1. The Kier molecular flexibility index (Phi) is 10.4. The first-order chi connectivity index (χ1) is 21.6. The summed E-state index contributed by atoms with van der Waals surface area (Å²) in [6.45, 7) is 10.8. The summed E-state index contributed by atoms with van der Waals surface area (Å²) in [5.41, 5.74) is 6.75. The minimum absolute atomic E-state index is 0.0233. The number of hydrogen-bond acceptors (Lipinski definition) is 9. The Morgan fingerprint density at radius 1 is 1.18 bits per heavy atom. The zero-order valence-electron chi connectivity index (χ0n) is 27.2. The number of fused-ring (bicyclic) bond motifs is 1. The average molecular weight is 633 g/mol. The fraction of sp³-hybridized carbons (Fsp3) is 0.486. The molecule has 9 nitrogen and oxygen atoms in total. The Morgan fingerprint density at radius 3 is 2.67 bits per heavy atom. The van der Waals surface area contributed by atoms with Crippen LogP contribution in [-0.4, -0.2) is 80.1 Å². The van der Waals surface area contributed by atoms with Crippen LogP contribution in [0.3, 0.4) is 0 Å². The van der Waals surface area contributed by atoms with E-state index in [0.29, 0.717) is 30.3 Å². The van der Waals surface area contributed by atoms with Crippen molar-refractivity contribution < 1.29 is 23.8 Å². The highest BCUT2D eigenvalue weighted by Crippen LogP contribution is 2.40. The molecule has 1 fully saturated rings. The summed E-state index contributed by atoms with van der Waals surface area (Å²) >= 11 is 1.47. The summed E-state index contributed by atoms with van der Waals surface area (Å²) < 4.78 is 17.7. The molecule has 1 aromatic carbocycles. The number of nitrogens with zero attached hydrogens (tertiary/aromatic N) is 3. The number of thiophene rings is 1. The van der Waals surface area contributed by atoms with Crippen LogP contribution < -0.4 is 10.1 Å². The molecule has 1 N–H and O–H groups in total. The summed E-state index contributed by atoms with van der Waals surface area (Å²) in [6.07, 6.45) is 6.64. The lowest BCUT2D eigenvalue weighted by Gasteiger charge is -2.47. The maximum atomic E-state index is 12.7. The van der Waals surface area contributed by atoms with Gasteiger partial charge in [0.2, 0.25) is 0 Å². The van der Waals surface area contributed by atoms with E-state index in [-0.39, 0.29) is 11.3 Å². The smallest absolute Gasteiger partial charge is 0.340 e. The molecule has 0 spiro atoms. The van der Waals surface area contributed by atoms with Crippen molar-refractivity contribution in [2.24, 2.45) is 4.99 Å². The molecule has 0 saturated carbocycles. The number of carbonyl (C=O) groups is 2. The molecule has 10 heteroatoms. The van der Waals surface area contributed by atoms with Crippen LogP contribution in [0, 0.1) is 13.8 Å².